The number of benzene rings is 1. The highest BCUT2D eigenvalue weighted by atomic mass is 19.4. The molecule has 1 aromatic carbocycles. The second kappa shape index (κ2) is 7.92. The SMILES string of the molecule is C=C(Oc1ccc(OC(F)(F)F)cc1)/C(=C\CCC)C(C)C. The first kappa shape index (κ1) is 18.1. The molecule has 0 unspecified atom stereocenters. The number of hydrogen-bond acceptors (Lipinski definition) is 2. The molecule has 0 radical (unpaired) electrons. The summed E-state index contributed by atoms with van der Waals surface area (Å²) in [6.45, 7) is 10.1. The van der Waals surface area contributed by atoms with E-state index < -0.39 is 6.36 Å². The van der Waals surface area contributed by atoms with Gasteiger partial charge in [0.15, 0.2) is 0 Å². The molecule has 0 amide bonds. The summed E-state index contributed by atoms with van der Waals surface area (Å²) in [7, 11) is 0. The molecule has 0 aliphatic rings. The Morgan fingerprint density at radius 1 is 1.18 bits per heavy atom. The van der Waals surface area contributed by atoms with Crippen LogP contribution in [0.4, 0.5) is 13.2 Å². The Kier molecular flexibility index (Phi) is 6.53. The molecule has 0 fully saturated rings. The average molecular weight is 314 g/mol. The van der Waals surface area contributed by atoms with Crippen LogP contribution in [-0.2, 0) is 0 Å². The molecule has 0 heterocycles. The van der Waals surface area contributed by atoms with Gasteiger partial charge in [-0.3, -0.25) is 0 Å². The van der Waals surface area contributed by atoms with E-state index in [0.29, 0.717) is 11.5 Å². The van der Waals surface area contributed by atoms with Crippen molar-refractivity contribution in [2.24, 2.45) is 5.92 Å². The molecule has 0 saturated carbocycles. The zero-order valence-corrected chi connectivity index (χ0v) is 13.0. The summed E-state index contributed by atoms with van der Waals surface area (Å²) in [6, 6.07) is 5.26. The highest BCUT2D eigenvalue weighted by Crippen LogP contribution is 2.27. The summed E-state index contributed by atoms with van der Waals surface area (Å²) in [5, 5.41) is 0. The van der Waals surface area contributed by atoms with Gasteiger partial charge in [-0.05, 0) is 42.2 Å². The molecule has 0 saturated heterocycles. The van der Waals surface area contributed by atoms with Crippen molar-refractivity contribution in [3.05, 3.63) is 48.3 Å². The van der Waals surface area contributed by atoms with E-state index in [1.165, 1.54) is 24.3 Å². The Morgan fingerprint density at radius 3 is 2.18 bits per heavy atom. The number of rotatable bonds is 7. The van der Waals surface area contributed by atoms with Crippen LogP contribution in [0.5, 0.6) is 11.5 Å². The lowest BCUT2D eigenvalue weighted by Crippen LogP contribution is -2.16. The van der Waals surface area contributed by atoms with Crippen LogP contribution >= 0.6 is 0 Å². The van der Waals surface area contributed by atoms with Crippen LogP contribution in [0, 0.1) is 5.92 Å². The topological polar surface area (TPSA) is 18.5 Å². The summed E-state index contributed by atoms with van der Waals surface area (Å²) in [5.74, 6) is 0.901. The van der Waals surface area contributed by atoms with Gasteiger partial charge in [0.25, 0.3) is 0 Å². The predicted octanol–water partition coefficient (Wildman–Crippen LogP) is 5.86. The van der Waals surface area contributed by atoms with E-state index in [0.717, 1.165) is 18.4 Å². The molecule has 0 spiro atoms. The van der Waals surface area contributed by atoms with Crippen LogP contribution in [0.25, 0.3) is 0 Å². The van der Waals surface area contributed by atoms with Crippen molar-refractivity contribution in [2.75, 3.05) is 0 Å². The van der Waals surface area contributed by atoms with Gasteiger partial charge in [-0.15, -0.1) is 13.2 Å². The van der Waals surface area contributed by atoms with E-state index in [1.807, 2.05) is 13.8 Å². The van der Waals surface area contributed by atoms with Crippen molar-refractivity contribution in [2.45, 2.75) is 40.0 Å². The fourth-order valence-corrected chi connectivity index (χ4v) is 1.88. The van der Waals surface area contributed by atoms with Crippen LogP contribution in [-0.4, -0.2) is 6.36 Å². The maximum atomic E-state index is 12.1. The minimum Gasteiger partial charge on any atom is -0.458 e. The second-order valence-electron chi connectivity index (χ2n) is 5.15. The largest absolute Gasteiger partial charge is 0.573 e. The van der Waals surface area contributed by atoms with E-state index in [-0.39, 0.29) is 11.7 Å². The molecule has 0 aromatic heterocycles. The van der Waals surface area contributed by atoms with Crippen LogP contribution in [0.1, 0.15) is 33.6 Å². The normalized spacial score (nSPS) is 12.4. The zero-order chi connectivity index (χ0) is 16.8. The molecule has 5 heteroatoms. The first-order valence-electron chi connectivity index (χ1n) is 7.16. The molecule has 0 aliphatic heterocycles. The third-order valence-electron chi connectivity index (χ3n) is 2.90. The molecular weight excluding hydrogens is 293 g/mol. The Bertz CT molecular complexity index is 514. The van der Waals surface area contributed by atoms with Crippen molar-refractivity contribution in [3.63, 3.8) is 0 Å². The number of hydrogen-bond donors (Lipinski definition) is 0. The molecule has 1 rings (SSSR count). The monoisotopic (exact) mass is 314 g/mol. The van der Waals surface area contributed by atoms with Gasteiger partial charge in [0, 0.05) is 0 Å². The van der Waals surface area contributed by atoms with E-state index in [2.05, 4.69) is 24.3 Å². The highest BCUT2D eigenvalue weighted by Gasteiger charge is 2.31. The summed E-state index contributed by atoms with van der Waals surface area (Å²) >= 11 is 0. The fourth-order valence-electron chi connectivity index (χ4n) is 1.88. The van der Waals surface area contributed by atoms with Crippen molar-refractivity contribution >= 4 is 0 Å². The number of unbranched alkanes of at least 4 members (excludes halogenated alkanes) is 1. The van der Waals surface area contributed by atoms with Gasteiger partial charge in [0.1, 0.15) is 17.3 Å². The first-order chi connectivity index (χ1) is 10.2. The summed E-state index contributed by atoms with van der Waals surface area (Å²) in [4.78, 5) is 0. The standard InChI is InChI=1S/C17H21F3O2/c1-5-6-7-16(12(2)3)13(4)21-14-8-10-15(11-9-14)22-17(18,19)20/h7-12H,4-6H2,1-3H3/b16-7-. The first-order valence-corrected chi connectivity index (χ1v) is 7.16. The molecular formula is C17H21F3O2. The number of halogens is 3. The molecule has 0 bridgehead atoms. The number of allylic oxidation sites excluding steroid dienone is 2. The fraction of sp³-hybridized carbons (Fsp3) is 0.412. The molecule has 0 atom stereocenters. The lowest BCUT2D eigenvalue weighted by Gasteiger charge is -2.16. The van der Waals surface area contributed by atoms with E-state index in [4.69, 9.17) is 4.74 Å². The molecule has 1 aromatic rings. The van der Waals surface area contributed by atoms with Gasteiger partial charge in [-0.2, -0.15) is 0 Å². The summed E-state index contributed by atoms with van der Waals surface area (Å²) in [6.07, 6.45) is -0.672. The average Bonchev–Trinajstić information content (AvgIpc) is 2.39. The van der Waals surface area contributed by atoms with E-state index >= 15 is 0 Å². The minimum absolute atomic E-state index is 0.256. The zero-order valence-electron chi connectivity index (χ0n) is 13.0. The lowest BCUT2D eigenvalue weighted by molar-refractivity contribution is -0.274. The van der Waals surface area contributed by atoms with E-state index in [1.54, 1.807) is 0 Å². The van der Waals surface area contributed by atoms with Crippen molar-refractivity contribution in [3.8, 4) is 11.5 Å². The van der Waals surface area contributed by atoms with Gasteiger partial charge in [0.2, 0.25) is 0 Å². The quantitative estimate of drug-likeness (QED) is 0.463. The van der Waals surface area contributed by atoms with Crippen LogP contribution in [0.2, 0.25) is 0 Å². The highest BCUT2D eigenvalue weighted by molar-refractivity contribution is 5.35. The van der Waals surface area contributed by atoms with Crippen molar-refractivity contribution in [1.82, 2.24) is 0 Å². The molecule has 0 N–H and O–H groups in total. The summed E-state index contributed by atoms with van der Waals surface area (Å²) < 4.78 is 45.7. The molecule has 122 valence electrons. The summed E-state index contributed by atoms with van der Waals surface area (Å²) in [5.41, 5.74) is 0.998. The molecule has 22 heavy (non-hydrogen) atoms. The maximum absolute atomic E-state index is 12.1. The van der Waals surface area contributed by atoms with E-state index in [9.17, 15) is 13.2 Å². The minimum atomic E-state index is -4.69. The third kappa shape index (κ3) is 6.24. The van der Waals surface area contributed by atoms with Gasteiger partial charge in [-0.25, -0.2) is 0 Å². The predicted molar refractivity (Wildman–Crippen MR) is 80.7 cm³/mol. The number of ether oxygens (including phenoxy) is 2. The lowest BCUT2D eigenvalue weighted by atomic mass is 10.00. The Balaban J connectivity index is 2.75. The Morgan fingerprint density at radius 2 is 1.73 bits per heavy atom. The Labute approximate surface area is 129 Å². The Hall–Kier alpha value is -1.91. The maximum Gasteiger partial charge on any atom is 0.573 e. The van der Waals surface area contributed by atoms with Crippen LogP contribution in [0.3, 0.4) is 0 Å². The van der Waals surface area contributed by atoms with Crippen LogP contribution in [0.15, 0.2) is 48.3 Å². The third-order valence-corrected chi connectivity index (χ3v) is 2.90. The molecule has 0 aliphatic carbocycles. The van der Waals surface area contributed by atoms with Gasteiger partial charge < -0.3 is 9.47 Å². The van der Waals surface area contributed by atoms with Crippen LogP contribution < -0.4 is 9.47 Å². The van der Waals surface area contributed by atoms with Gasteiger partial charge in [-0.1, -0.05) is 39.8 Å². The van der Waals surface area contributed by atoms with Crippen molar-refractivity contribution in [1.29, 1.82) is 0 Å². The van der Waals surface area contributed by atoms with Crippen molar-refractivity contribution < 1.29 is 22.6 Å². The molecule has 2 nitrogen and oxygen atoms in total. The van der Waals surface area contributed by atoms with Gasteiger partial charge in [0.05, 0.1) is 0 Å². The second-order valence-corrected chi connectivity index (χ2v) is 5.15. The number of alkyl halides is 3. The van der Waals surface area contributed by atoms with Gasteiger partial charge >= 0.3 is 6.36 Å². The smallest absolute Gasteiger partial charge is 0.458 e.